The molecule has 26 heavy (non-hydrogen) atoms. The first-order valence-corrected chi connectivity index (χ1v) is 10.3. The number of hydrogen-bond donors (Lipinski definition) is 3. The summed E-state index contributed by atoms with van der Waals surface area (Å²) in [5, 5.41) is 20.9. The summed E-state index contributed by atoms with van der Waals surface area (Å²) in [7, 11) is 2.07. The van der Waals surface area contributed by atoms with Gasteiger partial charge in [-0.1, -0.05) is 95.0 Å². The van der Waals surface area contributed by atoms with E-state index in [9.17, 15) is 0 Å². The van der Waals surface area contributed by atoms with E-state index >= 15 is 0 Å². The average molecular weight is 365 g/mol. The summed E-state index contributed by atoms with van der Waals surface area (Å²) in [5.41, 5.74) is 1.18. The second-order valence-electron chi connectivity index (χ2n) is 6.89. The molecule has 150 valence electrons. The lowest BCUT2D eigenvalue weighted by Gasteiger charge is -2.18. The van der Waals surface area contributed by atoms with E-state index < -0.39 is 7.32 Å². The first-order chi connectivity index (χ1) is 12.6. The minimum absolute atomic E-state index is 0.123. The minimum atomic E-state index is -1.68. The molecule has 0 saturated heterocycles. The topological polar surface area (TPSA) is 61.7 Å². The summed E-state index contributed by atoms with van der Waals surface area (Å²) in [5.74, 6) is 0. The molecule has 1 aromatic rings. The zero-order valence-electron chi connectivity index (χ0n) is 17.1. The van der Waals surface area contributed by atoms with E-state index in [2.05, 4.69) is 24.4 Å². The van der Waals surface area contributed by atoms with Crippen molar-refractivity contribution in [2.24, 2.45) is 0 Å². The maximum absolute atomic E-state index is 9.08. The lowest BCUT2D eigenvalue weighted by atomic mass is 10.00. The molecule has 0 aliphatic carbocycles. The summed E-state index contributed by atoms with van der Waals surface area (Å²) in [6, 6.07) is 10.1. The van der Waals surface area contributed by atoms with Crippen LogP contribution in [0.25, 0.3) is 0 Å². The van der Waals surface area contributed by atoms with Crippen molar-refractivity contribution in [1.29, 1.82) is 0 Å². The Morgan fingerprint density at radius 3 is 1.88 bits per heavy atom. The quantitative estimate of drug-likeness (QED) is 0.339. The van der Waals surface area contributed by atoms with Gasteiger partial charge in [-0.15, -0.1) is 0 Å². The average Bonchev–Trinajstić information content (AvgIpc) is 2.61. The molecule has 0 bridgehead atoms. The molecule has 0 aliphatic rings. The molecule has 0 heterocycles. The van der Waals surface area contributed by atoms with Crippen molar-refractivity contribution in [3.05, 3.63) is 35.9 Å². The largest absolute Gasteiger partial charge is 0.634 e. The Kier molecular flexibility index (Phi) is 18.3. The molecule has 1 rings (SSSR count). The van der Waals surface area contributed by atoms with Gasteiger partial charge in [0, 0.05) is 6.10 Å². The maximum atomic E-state index is 9.08. The Hall–Kier alpha value is -0.875. The summed E-state index contributed by atoms with van der Waals surface area (Å²) in [4.78, 5) is 0. The molecule has 0 saturated carbocycles. The fourth-order valence-electron chi connectivity index (χ4n) is 2.95. The van der Waals surface area contributed by atoms with Gasteiger partial charge in [0.15, 0.2) is 0 Å². The second kappa shape index (κ2) is 18.9. The smallest absolute Gasteiger partial charge is 0.402 e. The van der Waals surface area contributed by atoms with E-state index in [1.165, 1.54) is 56.9 Å². The molecule has 0 spiro atoms. The monoisotopic (exact) mass is 365 g/mol. The third-order valence-corrected chi connectivity index (χ3v) is 4.25. The third-order valence-electron chi connectivity index (χ3n) is 4.25. The van der Waals surface area contributed by atoms with E-state index in [4.69, 9.17) is 14.7 Å². The molecule has 3 N–H and O–H groups in total. The first kappa shape index (κ1) is 25.1. The zero-order chi connectivity index (χ0) is 19.5. The van der Waals surface area contributed by atoms with Crippen LogP contribution < -0.4 is 5.32 Å². The summed E-state index contributed by atoms with van der Waals surface area (Å²) >= 11 is 0. The van der Waals surface area contributed by atoms with Crippen LogP contribution in [0.2, 0.25) is 0 Å². The zero-order valence-corrected chi connectivity index (χ0v) is 17.1. The highest BCUT2D eigenvalue weighted by Gasteiger charge is 2.18. The molecule has 1 aromatic carbocycles. The van der Waals surface area contributed by atoms with Crippen LogP contribution in [0.15, 0.2) is 30.3 Å². The van der Waals surface area contributed by atoms with Crippen molar-refractivity contribution in [3.8, 4) is 0 Å². The predicted molar refractivity (Wildman–Crippen MR) is 112 cm³/mol. The Labute approximate surface area is 161 Å². The van der Waals surface area contributed by atoms with Crippen LogP contribution in [-0.2, 0) is 11.1 Å². The van der Waals surface area contributed by atoms with Gasteiger partial charge < -0.3 is 20.0 Å². The van der Waals surface area contributed by atoms with Crippen molar-refractivity contribution in [2.75, 3.05) is 14.1 Å². The van der Waals surface area contributed by atoms with Crippen LogP contribution in [0.4, 0.5) is 0 Å². The molecule has 1 atom stereocenters. The molecule has 0 radical (unpaired) electrons. The van der Waals surface area contributed by atoms with Gasteiger partial charge in [0.1, 0.15) is 0 Å². The normalized spacial score (nSPS) is 11.6. The van der Waals surface area contributed by atoms with Gasteiger partial charge in [-0.2, -0.15) is 0 Å². The number of rotatable bonds is 14. The number of unbranched alkanes of at least 4 members (excludes halogenated alkanes) is 8. The van der Waals surface area contributed by atoms with Crippen molar-refractivity contribution >= 4 is 7.32 Å². The lowest BCUT2D eigenvalue weighted by Crippen LogP contribution is -2.27. The minimum Gasteiger partial charge on any atom is -0.402 e. The van der Waals surface area contributed by atoms with Crippen molar-refractivity contribution in [1.82, 2.24) is 5.32 Å². The number of hydrogen-bond acceptors (Lipinski definition) is 4. The van der Waals surface area contributed by atoms with Gasteiger partial charge in [0.25, 0.3) is 0 Å². The Bertz CT molecular complexity index is 390. The number of nitrogens with one attached hydrogen (secondary N) is 1. The fourth-order valence-corrected chi connectivity index (χ4v) is 2.95. The van der Waals surface area contributed by atoms with Crippen LogP contribution in [0.3, 0.4) is 0 Å². The number of benzene rings is 1. The fraction of sp³-hybridized carbons (Fsp3) is 0.714. The summed E-state index contributed by atoms with van der Waals surface area (Å²) in [6.07, 6.45) is 13.1. The highest BCUT2D eigenvalue weighted by atomic mass is 16.6. The van der Waals surface area contributed by atoms with Gasteiger partial charge in [-0.3, -0.25) is 0 Å². The van der Waals surface area contributed by atoms with Gasteiger partial charge >= 0.3 is 7.32 Å². The van der Waals surface area contributed by atoms with Crippen LogP contribution in [0, 0.1) is 0 Å². The Morgan fingerprint density at radius 1 is 0.885 bits per heavy atom. The second-order valence-corrected chi connectivity index (χ2v) is 6.89. The first-order valence-electron chi connectivity index (χ1n) is 10.3. The summed E-state index contributed by atoms with van der Waals surface area (Å²) < 4.78 is 5.24. The van der Waals surface area contributed by atoms with Crippen molar-refractivity contribution in [2.45, 2.75) is 83.7 Å². The standard InChI is InChI=1S/C19H33BO3.C2H7N/c1-2-3-4-5-6-7-8-9-13-16-19(23-20(21)22)17-18-14-11-10-12-15-18;1-3-2/h10-12,14-15,19,21-22H,2-9,13,16-17H2,1H3;3H,1-2H3. The molecule has 0 aromatic heterocycles. The highest BCUT2D eigenvalue weighted by molar-refractivity contribution is 6.32. The predicted octanol–water partition coefficient (Wildman–Crippen LogP) is 4.34. The van der Waals surface area contributed by atoms with E-state index in [0.29, 0.717) is 0 Å². The third kappa shape index (κ3) is 16.6. The SMILES string of the molecule is CCCCCCCCCCCC(Cc1ccccc1)OB(O)O.CNC. The Morgan fingerprint density at radius 2 is 1.38 bits per heavy atom. The van der Waals surface area contributed by atoms with Crippen molar-refractivity contribution in [3.63, 3.8) is 0 Å². The molecular formula is C21H40BNO3. The molecular weight excluding hydrogens is 325 g/mol. The maximum Gasteiger partial charge on any atom is 0.634 e. The van der Waals surface area contributed by atoms with Crippen LogP contribution in [-0.4, -0.2) is 37.6 Å². The van der Waals surface area contributed by atoms with Gasteiger partial charge in [-0.25, -0.2) is 0 Å². The highest BCUT2D eigenvalue weighted by Crippen LogP contribution is 2.15. The van der Waals surface area contributed by atoms with Gasteiger partial charge in [0.05, 0.1) is 0 Å². The molecule has 0 fully saturated rings. The lowest BCUT2D eigenvalue weighted by molar-refractivity contribution is 0.109. The van der Waals surface area contributed by atoms with Crippen LogP contribution >= 0.6 is 0 Å². The summed E-state index contributed by atoms with van der Waals surface area (Å²) in [6.45, 7) is 2.25. The van der Waals surface area contributed by atoms with E-state index in [1.54, 1.807) is 0 Å². The van der Waals surface area contributed by atoms with Gasteiger partial charge in [-0.05, 0) is 32.5 Å². The molecule has 5 heteroatoms. The molecule has 0 amide bonds. The van der Waals surface area contributed by atoms with Crippen LogP contribution in [0.5, 0.6) is 0 Å². The molecule has 1 unspecified atom stereocenters. The van der Waals surface area contributed by atoms with Crippen LogP contribution in [0.1, 0.15) is 76.7 Å². The van der Waals surface area contributed by atoms with E-state index in [-0.39, 0.29) is 6.10 Å². The van der Waals surface area contributed by atoms with Crippen molar-refractivity contribution < 1.29 is 14.7 Å². The van der Waals surface area contributed by atoms with Gasteiger partial charge in [0.2, 0.25) is 0 Å². The van der Waals surface area contributed by atoms with E-state index in [0.717, 1.165) is 19.3 Å². The molecule has 0 aliphatic heterocycles. The van der Waals surface area contributed by atoms with E-state index in [1.807, 2.05) is 32.3 Å². The molecule has 4 nitrogen and oxygen atoms in total. The Balaban J connectivity index is 0.00000194.